The van der Waals surface area contributed by atoms with Gasteiger partial charge in [0.1, 0.15) is 12.9 Å². The van der Waals surface area contributed by atoms with Crippen molar-refractivity contribution in [3.05, 3.63) is 53.5 Å². The van der Waals surface area contributed by atoms with Crippen LogP contribution in [-0.4, -0.2) is 33.1 Å². The summed E-state index contributed by atoms with van der Waals surface area (Å²) in [7, 11) is 0. The minimum Gasteiger partial charge on any atom is -0.473 e. The fourth-order valence-corrected chi connectivity index (χ4v) is 1.93. The van der Waals surface area contributed by atoms with Gasteiger partial charge in [-0.1, -0.05) is 12.1 Å². The van der Waals surface area contributed by atoms with E-state index in [-0.39, 0.29) is 19.1 Å². The highest BCUT2D eigenvalue weighted by Crippen LogP contribution is 2.12. The first-order valence-electron chi connectivity index (χ1n) is 7.61. The normalized spacial score (nSPS) is 11.2. The van der Waals surface area contributed by atoms with E-state index < -0.39 is 5.60 Å². The lowest BCUT2D eigenvalue weighted by atomic mass is 10.1. The summed E-state index contributed by atoms with van der Waals surface area (Å²) in [6.07, 6.45) is 1.40. The predicted molar refractivity (Wildman–Crippen MR) is 89.3 cm³/mol. The van der Waals surface area contributed by atoms with Crippen LogP contribution in [0.3, 0.4) is 0 Å². The van der Waals surface area contributed by atoms with Crippen LogP contribution in [0.5, 0.6) is 5.88 Å². The van der Waals surface area contributed by atoms with E-state index in [0.717, 1.165) is 5.56 Å². The Hall–Kier alpha value is -2.51. The average Bonchev–Trinajstić information content (AvgIpc) is 2.57. The highest BCUT2D eigenvalue weighted by molar-refractivity contribution is 5.94. The quantitative estimate of drug-likeness (QED) is 0.699. The maximum atomic E-state index is 12.1. The van der Waals surface area contributed by atoms with E-state index in [2.05, 4.69) is 15.3 Å². The zero-order valence-corrected chi connectivity index (χ0v) is 13.8. The van der Waals surface area contributed by atoms with Crippen LogP contribution >= 0.6 is 0 Å². The zero-order chi connectivity index (χ0) is 17.6. The lowest BCUT2D eigenvalue weighted by molar-refractivity contribution is 0.0694. The van der Waals surface area contributed by atoms with Gasteiger partial charge in [-0.3, -0.25) is 4.79 Å². The number of nitrogens with one attached hydrogen (secondary N) is 1. The molecule has 2 aromatic rings. The molecule has 1 heterocycles. The predicted octanol–water partition coefficient (Wildman–Crippen LogP) is 1.01. The topological polar surface area (TPSA) is 110 Å². The van der Waals surface area contributed by atoms with Gasteiger partial charge in [-0.05, 0) is 31.5 Å². The summed E-state index contributed by atoms with van der Waals surface area (Å²) in [5.41, 5.74) is 6.61. The van der Waals surface area contributed by atoms with Gasteiger partial charge in [-0.2, -0.15) is 0 Å². The third-order valence-electron chi connectivity index (χ3n) is 3.17. The Morgan fingerprint density at radius 2 is 2.12 bits per heavy atom. The molecule has 0 unspecified atom stereocenters. The van der Waals surface area contributed by atoms with Crippen LogP contribution in [0.4, 0.5) is 0 Å². The minimum absolute atomic E-state index is 0.176. The van der Waals surface area contributed by atoms with E-state index in [1.165, 1.54) is 6.33 Å². The van der Waals surface area contributed by atoms with Crippen LogP contribution in [0.1, 0.15) is 35.5 Å². The summed E-state index contributed by atoms with van der Waals surface area (Å²) in [5, 5.41) is 12.4. The smallest absolute Gasteiger partial charge is 0.251 e. The summed E-state index contributed by atoms with van der Waals surface area (Å²) < 4.78 is 5.61. The summed E-state index contributed by atoms with van der Waals surface area (Å²) >= 11 is 0. The highest BCUT2D eigenvalue weighted by Gasteiger charge is 2.15. The molecule has 0 radical (unpaired) electrons. The number of rotatable bonds is 7. The summed E-state index contributed by atoms with van der Waals surface area (Å²) in [4.78, 5) is 20.1. The van der Waals surface area contributed by atoms with Crippen molar-refractivity contribution in [3.8, 4) is 5.88 Å². The Labute approximate surface area is 140 Å². The molecule has 0 aliphatic carbocycles. The van der Waals surface area contributed by atoms with Gasteiger partial charge >= 0.3 is 0 Å². The number of carbonyl (C=O) groups excluding carboxylic acids is 1. The van der Waals surface area contributed by atoms with Gasteiger partial charge in [-0.25, -0.2) is 9.97 Å². The molecule has 0 spiro atoms. The number of aromatic nitrogens is 2. The number of aliphatic hydroxyl groups is 1. The number of amides is 1. The first-order valence-corrected chi connectivity index (χ1v) is 7.61. The Morgan fingerprint density at radius 3 is 2.83 bits per heavy atom. The SMILES string of the molecule is CC(C)(O)CNC(=O)c1cccc(COc2cc(CN)ncn2)c1. The molecule has 24 heavy (non-hydrogen) atoms. The third-order valence-corrected chi connectivity index (χ3v) is 3.17. The lowest BCUT2D eigenvalue weighted by Crippen LogP contribution is -2.38. The molecular weight excluding hydrogens is 308 g/mol. The minimum atomic E-state index is -0.954. The van der Waals surface area contributed by atoms with E-state index in [9.17, 15) is 9.90 Å². The molecular formula is C17H22N4O3. The molecule has 0 aliphatic rings. The van der Waals surface area contributed by atoms with Crippen molar-refractivity contribution in [2.45, 2.75) is 32.6 Å². The largest absolute Gasteiger partial charge is 0.473 e. The fourth-order valence-electron chi connectivity index (χ4n) is 1.93. The Balaban J connectivity index is 1.98. The van der Waals surface area contributed by atoms with Crippen molar-refractivity contribution >= 4 is 5.91 Å². The van der Waals surface area contributed by atoms with Crippen LogP contribution in [0.25, 0.3) is 0 Å². The van der Waals surface area contributed by atoms with Gasteiger partial charge in [0.05, 0.1) is 11.3 Å². The first kappa shape index (κ1) is 17.8. The molecule has 0 fully saturated rings. The van der Waals surface area contributed by atoms with Gasteiger partial charge in [0.25, 0.3) is 5.91 Å². The molecule has 0 saturated carbocycles. The fraction of sp³-hybridized carbons (Fsp3) is 0.353. The maximum Gasteiger partial charge on any atom is 0.251 e. The average molecular weight is 330 g/mol. The van der Waals surface area contributed by atoms with Crippen LogP contribution in [0, 0.1) is 0 Å². The van der Waals surface area contributed by atoms with Crippen molar-refractivity contribution < 1.29 is 14.6 Å². The van der Waals surface area contributed by atoms with Gasteiger partial charge in [-0.15, -0.1) is 0 Å². The van der Waals surface area contributed by atoms with Gasteiger partial charge in [0.2, 0.25) is 5.88 Å². The first-order chi connectivity index (χ1) is 11.4. The lowest BCUT2D eigenvalue weighted by Gasteiger charge is -2.17. The monoisotopic (exact) mass is 330 g/mol. The molecule has 0 bridgehead atoms. The number of nitrogens with zero attached hydrogens (tertiary/aromatic N) is 2. The summed E-state index contributed by atoms with van der Waals surface area (Å²) in [5.74, 6) is 0.189. The standard InChI is InChI=1S/C17H22N4O3/c1-17(2,23)10-19-16(22)13-5-3-4-12(6-13)9-24-15-7-14(8-18)20-11-21-15/h3-7,11,23H,8-10,18H2,1-2H3,(H,19,22). The van der Waals surface area contributed by atoms with Crippen molar-refractivity contribution in [3.63, 3.8) is 0 Å². The van der Waals surface area contributed by atoms with Crippen LogP contribution in [-0.2, 0) is 13.2 Å². The van der Waals surface area contributed by atoms with Crippen molar-refractivity contribution in [2.75, 3.05) is 6.54 Å². The van der Waals surface area contributed by atoms with E-state index in [1.807, 2.05) is 6.07 Å². The highest BCUT2D eigenvalue weighted by atomic mass is 16.5. The van der Waals surface area contributed by atoms with Crippen LogP contribution < -0.4 is 15.8 Å². The number of nitrogens with two attached hydrogens (primary N) is 1. The molecule has 1 aromatic carbocycles. The molecule has 7 nitrogen and oxygen atoms in total. The van der Waals surface area contributed by atoms with Crippen molar-refractivity contribution in [1.82, 2.24) is 15.3 Å². The van der Waals surface area contributed by atoms with E-state index >= 15 is 0 Å². The Morgan fingerprint density at radius 1 is 1.33 bits per heavy atom. The van der Waals surface area contributed by atoms with E-state index in [4.69, 9.17) is 10.5 Å². The van der Waals surface area contributed by atoms with E-state index in [0.29, 0.717) is 23.7 Å². The maximum absolute atomic E-state index is 12.1. The molecule has 128 valence electrons. The number of benzene rings is 1. The van der Waals surface area contributed by atoms with Gasteiger partial charge in [0.15, 0.2) is 0 Å². The van der Waals surface area contributed by atoms with Crippen molar-refractivity contribution in [2.24, 2.45) is 5.73 Å². The number of hydrogen-bond acceptors (Lipinski definition) is 6. The molecule has 2 rings (SSSR count). The van der Waals surface area contributed by atoms with Crippen molar-refractivity contribution in [1.29, 1.82) is 0 Å². The summed E-state index contributed by atoms with van der Waals surface area (Å²) in [6, 6.07) is 8.77. The molecule has 1 amide bonds. The second kappa shape index (κ2) is 7.85. The molecule has 1 aromatic heterocycles. The van der Waals surface area contributed by atoms with Crippen LogP contribution in [0.15, 0.2) is 36.7 Å². The molecule has 0 atom stereocenters. The molecule has 7 heteroatoms. The third kappa shape index (κ3) is 5.60. The van der Waals surface area contributed by atoms with E-state index in [1.54, 1.807) is 38.1 Å². The Bertz CT molecular complexity index is 698. The number of carbonyl (C=O) groups is 1. The number of ether oxygens (including phenoxy) is 1. The number of hydrogen-bond donors (Lipinski definition) is 3. The summed E-state index contributed by atoms with van der Waals surface area (Å²) in [6.45, 7) is 4.03. The molecule has 0 saturated heterocycles. The van der Waals surface area contributed by atoms with Gasteiger partial charge < -0.3 is 20.9 Å². The molecule has 0 aliphatic heterocycles. The second-order valence-corrected chi connectivity index (χ2v) is 6.04. The zero-order valence-electron chi connectivity index (χ0n) is 13.8. The second-order valence-electron chi connectivity index (χ2n) is 6.04. The van der Waals surface area contributed by atoms with Gasteiger partial charge in [0, 0.05) is 24.7 Å². The molecule has 4 N–H and O–H groups in total. The Kier molecular flexibility index (Phi) is 5.83. The van der Waals surface area contributed by atoms with Crippen LogP contribution in [0.2, 0.25) is 0 Å².